The molecule has 0 bridgehead atoms. The maximum Gasteiger partial charge on any atom is 0.434 e. The molecule has 0 saturated heterocycles. The first-order chi connectivity index (χ1) is 29.8. The third kappa shape index (κ3) is 3.76. The Hall–Kier alpha value is -7.96. The van der Waals surface area contributed by atoms with E-state index in [4.69, 9.17) is 9.39 Å². The van der Waals surface area contributed by atoms with Crippen LogP contribution in [0, 0.1) is 0 Å². The standard InChI is InChI=1S/C54H30BN3O2/c1-7-19-43-33(13-1)34-14-2-8-20-44(34)56(43)32-27-39-37-17-6-12-24-48(37)60-55-42-26-25-31(28-49(42)59-50(29-32)52(39)55)57-45-21-9-3-15-35(45)40-30-41-36-16-4-10-22-46(36)58-47-23-11-5-18-38(47)51(53(40)57)54(41)58/h1-30H. The van der Waals surface area contributed by atoms with Gasteiger partial charge in [-0.05, 0) is 60.2 Å². The van der Waals surface area contributed by atoms with Crippen molar-refractivity contribution in [2.24, 2.45) is 0 Å². The van der Waals surface area contributed by atoms with Gasteiger partial charge >= 0.3 is 6.92 Å². The van der Waals surface area contributed by atoms with Crippen LogP contribution in [0.3, 0.4) is 0 Å². The Morgan fingerprint density at radius 1 is 0.367 bits per heavy atom. The van der Waals surface area contributed by atoms with E-state index in [9.17, 15) is 0 Å². The van der Waals surface area contributed by atoms with Crippen LogP contribution < -0.4 is 20.3 Å². The second kappa shape index (κ2) is 11.0. The molecule has 2 aliphatic rings. The number of ether oxygens (including phenoxy) is 1. The highest BCUT2D eigenvalue weighted by Gasteiger charge is 2.41. The third-order valence-electron chi connectivity index (χ3n) is 13.4. The van der Waals surface area contributed by atoms with Crippen LogP contribution >= 0.6 is 0 Å². The minimum atomic E-state index is -0.326. The van der Waals surface area contributed by atoms with Crippen LogP contribution in [0.15, 0.2) is 182 Å². The van der Waals surface area contributed by atoms with Gasteiger partial charge in [0, 0.05) is 77.4 Å². The van der Waals surface area contributed by atoms with Crippen molar-refractivity contribution in [1.29, 1.82) is 0 Å². The Balaban J connectivity index is 1.00. The number of nitrogens with zero attached hydrogens (tertiary/aromatic N) is 3. The third-order valence-corrected chi connectivity index (χ3v) is 13.4. The highest BCUT2D eigenvalue weighted by molar-refractivity contribution is 6.84. The van der Waals surface area contributed by atoms with E-state index in [1.165, 1.54) is 65.2 Å². The van der Waals surface area contributed by atoms with Crippen molar-refractivity contribution in [1.82, 2.24) is 13.5 Å². The molecule has 6 heterocycles. The zero-order chi connectivity index (χ0) is 38.8. The molecule has 0 spiro atoms. The van der Waals surface area contributed by atoms with E-state index in [-0.39, 0.29) is 6.92 Å². The summed E-state index contributed by atoms with van der Waals surface area (Å²) in [5.41, 5.74) is 14.8. The molecule has 0 fully saturated rings. The molecule has 5 nitrogen and oxygen atoms in total. The van der Waals surface area contributed by atoms with Crippen LogP contribution in [0.2, 0.25) is 0 Å². The normalized spacial score (nSPS) is 13.2. The Labute approximate surface area is 342 Å². The number of aromatic nitrogens is 3. The molecule has 9 aromatic carbocycles. The van der Waals surface area contributed by atoms with E-state index >= 15 is 0 Å². The summed E-state index contributed by atoms with van der Waals surface area (Å²) in [6.45, 7) is -0.326. The van der Waals surface area contributed by atoms with E-state index in [1.807, 2.05) is 0 Å². The van der Waals surface area contributed by atoms with Crippen molar-refractivity contribution >= 4 is 99.5 Å². The van der Waals surface area contributed by atoms with Gasteiger partial charge in [0.05, 0.1) is 44.3 Å². The molecule has 2 aliphatic heterocycles. The van der Waals surface area contributed by atoms with E-state index in [2.05, 4.69) is 196 Å². The second-order valence-electron chi connectivity index (χ2n) is 16.4. The lowest BCUT2D eigenvalue weighted by Crippen LogP contribution is -2.53. The summed E-state index contributed by atoms with van der Waals surface area (Å²) in [7, 11) is 0. The van der Waals surface area contributed by atoms with Crippen molar-refractivity contribution < 1.29 is 9.39 Å². The molecule has 0 unspecified atom stereocenters. The van der Waals surface area contributed by atoms with Crippen molar-refractivity contribution in [3.05, 3.63) is 182 Å². The largest absolute Gasteiger partial charge is 0.551 e. The van der Waals surface area contributed by atoms with Gasteiger partial charge in [0.15, 0.2) is 0 Å². The lowest BCUT2D eigenvalue weighted by molar-refractivity contribution is 0.479. The van der Waals surface area contributed by atoms with Gasteiger partial charge in [0.2, 0.25) is 0 Å². The van der Waals surface area contributed by atoms with Gasteiger partial charge in [-0.25, -0.2) is 0 Å². The molecule has 60 heavy (non-hydrogen) atoms. The zero-order valence-corrected chi connectivity index (χ0v) is 32.1. The molecule has 0 N–H and O–H groups in total. The lowest BCUT2D eigenvalue weighted by atomic mass is 9.51. The molecule has 0 atom stereocenters. The average molecular weight is 764 g/mol. The van der Waals surface area contributed by atoms with E-state index in [0.29, 0.717) is 0 Å². The quantitative estimate of drug-likeness (QED) is 0.164. The SMILES string of the molecule is c1ccc2c(c1)OB1c3ccc(-n4c5ccccc5c5cc6c7ccccc7n7c8ccccc8c(c54)c67)cc3Oc3cc(-n4c5ccccc5c5ccccc54)cc-2c31. The van der Waals surface area contributed by atoms with Gasteiger partial charge in [-0.2, -0.15) is 0 Å². The summed E-state index contributed by atoms with van der Waals surface area (Å²) in [4.78, 5) is 0. The van der Waals surface area contributed by atoms with Crippen molar-refractivity contribution in [2.75, 3.05) is 0 Å². The second-order valence-corrected chi connectivity index (χ2v) is 16.4. The Morgan fingerprint density at radius 3 is 1.65 bits per heavy atom. The van der Waals surface area contributed by atoms with Gasteiger partial charge in [0.25, 0.3) is 0 Å². The molecule has 15 rings (SSSR count). The first-order valence-electron chi connectivity index (χ1n) is 20.6. The number of hydrogen-bond donors (Lipinski definition) is 0. The fourth-order valence-electron chi connectivity index (χ4n) is 11.0. The Morgan fingerprint density at radius 2 is 0.917 bits per heavy atom. The summed E-state index contributed by atoms with van der Waals surface area (Å²) in [6.07, 6.45) is 0. The number of hydrogen-bond acceptors (Lipinski definition) is 2. The van der Waals surface area contributed by atoms with E-state index in [0.717, 1.165) is 67.2 Å². The summed E-state index contributed by atoms with van der Waals surface area (Å²) in [5, 5.41) is 9.99. The van der Waals surface area contributed by atoms with Crippen molar-refractivity contribution in [3.63, 3.8) is 0 Å². The maximum absolute atomic E-state index is 7.19. The molecule has 0 saturated carbocycles. The minimum Gasteiger partial charge on any atom is -0.551 e. The van der Waals surface area contributed by atoms with Gasteiger partial charge in [-0.15, -0.1) is 0 Å². The van der Waals surface area contributed by atoms with Crippen LogP contribution in [-0.2, 0) is 0 Å². The van der Waals surface area contributed by atoms with Crippen LogP contribution in [0.25, 0.3) is 104 Å². The molecule has 4 aromatic heterocycles. The molecule has 0 amide bonds. The molecule has 0 aliphatic carbocycles. The Bertz CT molecular complexity index is 3990. The summed E-state index contributed by atoms with van der Waals surface area (Å²) < 4.78 is 21.5. The summed E-state index contributed by atoms with van der Waals surface area (Å²) in [5.74, 6) is 2.49. The van der Waals surface area contributed by atoms with Crippen LogP contribution in [0.5, 0.6) is 17.2 Å². The number of benzene rings is 9. The smallest absolute Gasteiger partial charge is 0.434 e. The maximum atomic E-state index is 7.19. The number of rotatable bonds is 2. The van der Waals surface area contributed by atoms with Gasteiger partial charge in [-0.3, -0.25) is 0 Å². The highest BCUT2D eigenvalue weighted by atomic mass is 16.5. The molecule has 276 valence electrons. The minimum absolute atomic E-state index is 0.326. The Kier molecular flexibility index (Phi) is 5.67. The predicted molar refractivity (Wildman–Crippen MR) is 247 cm³/mol. The van der Waals surface area contributed by atoms with Gasteiger partial charge in [-0.1, -0.05) is 115 Å². The van der Waals surface area contributed by atoms with Crippen molar-refractivity contribution in [3.8, 4) is 39.8 Å². The molecule has 0 radical (unpaired) electrons. The zero-order valence-electron chi connectivity index (χ0n) is 32.1. The van der Waals surface area contributed by atoms with E-state index < -0.39 is 0 Å². The molecular formula is C54H30BN3O2. The average Bonchev–Trinajstić information content (AvgIpc) is 4.03. The molecule has 13 aromatic rings. The first-order valence-corrected chi connectivity index (χ1v) is 20.6. The lowest BCUT2D eigenvalue weighted by Gasteiger charge is -2.33. The molecule has 6 heteroatoms. The van der Waals surface area contributed by atoms with E-state index in [1.54, 1.807) is 0 Å². The highest BCUT2D eigenvalue weighted by Crippen LogP contribution is 2.47. The van der Waals surface area contributed by atoms with Gasteiger partial charge in [0.1, 0.15) is 17.2 Å². The summed E-state index contributed by atoms with van der Waals surface area (Å²) >= 11 is 0. The summed E-state index contributed by atoms with van der Waals surface area (Å²) in [6, 6.07) is 65.9. The van der Waals surface area contributed by atoms with Crippen molar-refractivity contribution in [2.45, 2.75) is 0 Å². The van der Waals surface area contributed by atoms with Crippen LogP contribution in [0.4, 0.5) is 0 Å². The fraction of sp³-hybridized carbons (Fsp3) is 0. The topological polar surface area (TPSA) is 32.7 Å². The number of fused-ring (bicyclic) bond motifs is 17. The monoisotopic (exact) mass is 763 g/mol. The fourth-order valence-corrected chi connectivity index (χ4v) is 11.0. The predicted octanol–water partition coefficient (Wildman–Crippen LogP) is 12.3. The van der Waals surface area contributed by atoms with Gasteiger partial charge < -0.3 is 22.9 Å². The molecular weight excluding hydrogens is 733 g/mol. The number of para-hydroxylation sites is 6. The van der Waals surface area contributed by atoms with Crippen LogP contribution in [0.1, 0.15) is 0 Å². The first kappa shape index (κ1) is 31.1. The van der Waals surface area contributed by atoms with Crippen LogP contribution in [-0.4, -0.2) is 20.5 Å².